The van der Waals surface area contributed by atoms with E-state index >= 15 is 0 Å². The summed E-state index contributed by atoms with van der Waals surface area (Å²) in [7, 11) is 0. The molecule has 0 N–H and O–H groups in total. The van der Waals surface area contributed by atoms with Crippen LogP contribution in [-0.2, 0) is 4.74 Å². The largest absolute Gasteiger partial charge is 0.479 e. The van der Waals surface area contributed by atoms with Crippen LogP contribution in [0.5, 0.6) is 0 Å². The van der Waals surface area contributed by atoms with Crippen molar-refractivity contribution in [3.05, 3.63) is 0 Å². The monoisotopic (exact) mass is 458 g/mol. The molecule has 0 aliphatic rings. The Morgan fingerprint density at radius 2 is 0.833 bits per heavy atom. The Kier molecular flexibility index (Phi) is 27.5. The van der Waals surface area contributed by atoms with Crippen LogP contribution in [0.15, 0.2) is 0 Å². The normalized spacial score (nSPS) is 11.1. The van der Waals surface area contributed by atoms with Crippen LogP contribution < -0.4 is 0 Å². The fraction of sp³-hybridized carbons (Fsp3) is 0.963. The van der Waals surface area contributed by atoms with Crippen molar-refractivity contribution in [1.82, 2.24) is 0 Å². The van der Waals surface area contributed by atoms with Crippen molar-refractivity contribution in [2.45, 2.75) is 155 Å². The molecule has 0 unspecified atom stereocenters. The minimum Gasteiger partial charge on any atom is -0.479 e. The van der Waals surface area contributed by atoms with Crippen molar-refractivity contribution in [1.29, 1.82) is 0 Å². The van der Waals surface area contributed by atoms with Crippen LogP contribution in [0.25, 0.3) is 0 Å². The third-order valence-corrected chi connectivity index (χ3v) is 7.25. The summed E-state index contributed by atoms with van der Waals surface area (Å²) in [5.41, 5.74) is 0. The lowest BCUT2D eigenvalue weighted by atomic mass is 10.1. The van der Waals surface area contributed by atoms with Crippen LogP contribution in [0.1, 0.15) is 155 Å². The van der Waals surface area contributed by atoms with Gasteiger partial charge in [0.2, 0.25) is 4.38 Å². The Balaban J connectivity index is 3.14. The molecular weight excluding hydrogens is 404 g/mol. The van der Waals surface area contributed by atoms with Crippen LogP contribution in [0.3, 0.4) is 0 Å². The highest BCUT2D eigenvalue weighted by Gasteiger charge is 2.00. The first-order chi connectivity index (χ1) is 14.8. The predicted molar refractivity (Wildman–Crippen MR) is 144 cm³/mol. The topological polar surface area (TPSA) is 9.23 Å². The zero-order chi connectivity index (χ0) is 22.0. The smallest absolute Gasteiger partial charge is 0.219 e. The third kappa shape index (κ3) is 26.3. The van der Waals surface area contributed by atoms with Crippen molar-refractivity contribution < 1.29 is 4.74 Å². The highest BCUT2D eigenvalue weighted by molar-refractivity contribution is 8.22. The predicted octanol–water partition coefficient (Wildman–Crippen LogP) is 10.6. The maximum atomic E-state index is 5.72. The lowest BCUT2D eigenvalue weighted by molar-refractivity contribution is 0.307. The van der Waals surface area contributed by atoms with Gasteiger partial charge in [-0.05, 0) is 25.1 Å². The Morgan fingerprint density at radius 3 is 1.23 bits per heavy atom. The minimum atomic E-state index is 0.772. The molecule has 0 spiro atoms. The molecule has 0 aromatic carbocycles. The van der Waals surface area contributed by atoms with Gasteiger partial charge in [-0.2, -0.15) is 0 Å². The van der Waals surface area contributed by atoms with E-state index in [9.17, 15) is 0 Å². The minimum absolute atomic E-state index is 0.772. The zero-order valence-electron chi connectivity index (χ0n) is 20.7. The number of thiocarbonyl (C=S) groups is 1. The molecule has 0 radical (unpaired) electrons. The molecule has 0 aliphatic carbocycles. The van der Waals surface area contributed by atoms with Gasteiger partial charge < -0.3 is 4.74 Å². The summed E-state index contributed by atoms with van der Waals surface area (Å²) >= 11 is 7.10. The molecule has 0 aromatic heterocycles. The van der Waals surface area contributed by atoms with Crippen molar-refractivity contribution in [2.24, 2.45) is 0 Å². The molecule has 0 amide bonds. The molecule has 30 heavy (non-hydrogen) atoms. The zero-order valence-corrected chi connectivity index (χ0v) is 22.3. The first-order valence-corrected chi connectivity index (χ1v) is 15.0. The fourth-order valence-electron chi connectivity index (χ4n) is 3.89. The Hall–Kier alpha value is 0.240. The Bertz CT molecular complexity index is 303. The molecule has 0 saturated heterocycles. The Morgan fingerprint density at radius 1 is 0.500 bits per heavy atom. The second-order valence-electron chi connectivity index (χ2n) is 9.02. The number of hydrogen-bond acceptors (Lipinski definition) is 3. The van der Waals surface area contributed by atoms with Crippen LogP contribution in [0.2, 0.25) is 0 Å². The summed E-state index contributed by atoms with van der Waals surface area (Å²) in [4.78, 5) is 0. The van der Waals surface area contributed by atoms with Gasteiger partial charge in [-0.15, -0.1) is 0 Å². The number of rotatable bonds is 24. The van der Waals surface area contributed by atoms with Crippen molar-refractivity contribution in [3.63, 3.8) is 0 Å². The van der Waals surface area contributed by atoms with Crippen LogP contribution in [-0.4, -0.2) is 16.7 Å². The van der Waals surface area contributed by atoms with E-state index in [1.54, 1.807) is 11.8 Å². The van der Waals surface area contributed by atoms with E-state index in [-0.39, 0.29) is 0 Å². The number of hydrogen-bond donors (Lipinski definition) is 0. The standard InChI is InChI=1S/C27H54OS2/c1-3-5-7-9-11-13-15-17-19-21-23-25-28-27(29)30-26-24-22-20-18-16-14-12-10-8-6-4-2/h3-26H2,1-2H3. The van der Waals surface area contributed by atoms with Gasteiger partial charge in [0.1, 0.15) is 0 Å². The van der Waals surface area contributed by atoms with Crippen LogP contribution >= 0.6 is 24.0 Å². The summed E-state index contributed by atoms with van der Waals surface area (Å²) < 4.78 is 6.49. The molecule has 0 aromatic rings. The van der Waals surface area contributed by atoms with Gasteiger partial charge in [-0.25, -0.2) is 0 Å². The van der Waals surface area contributed by atoms with E-state index < -0.39 is 0 Å². The molecule has 0 heterocycles. The molecular formula is C27H54OS2. The van der Waals surface area contributed by atoms with Gasteiger partial charge in [0, 0.05) is 5.75 Å². The van der Waals surface area contributed by atoms with Crippen LogP contribution in [0.4, 0.5) is 0 Å². The van der Waals surface area contributed by atoms with E-state index in [2.05, 4.69) is 13.8 Å². The second-order valence-corrected chi connectivity index (χ2v) is 10.7. The molecule has 180 valence electrons. The number of ether oxygens (including phenoxy) is 1. The van der Waals surface area contributed by atoms with Gasteiger partial charge in [-0.1, -0.05) is 154 Å². The van der Waals surface area contributed by atoms with E-state index in [1.165, 1.54) is 135 Å². The summed E-state index contributed by atoms with van der Waals surface area (Å²) in [6.07, 6.45) is 30.5. The number of unbranched alkanes of at least 4 members (excludes halogenated alkanes) is 20. The van der Waals surface area contributed by atoms with Gasteiger partial charge in [-0.3, -0.25) is 0 Å². The quantitative estimate of drug-likeness (QED) is 0.105. The highest BCUT2D eigenvalue weighted by atomic mass is 32.2. The summed E-state index contributed by atoms with van der Waals surface area (Å²) in [6.45, 7) is 5.39. The molecule has 0 aliphatic heterocycles. The van der Waals surface area contributed by atoms with E-state index in [1.807, 2.05) is 0 Å². The first kappa shape index (κ1) is 30.2. The fourth-order valence-corrected chi connectivity index (χ4v) is 4.90. The van der Waals surface area contributed by atoms with Gasteiger partial charge in [0.05, 0.1) is 6.61 Å². The Labute approximate surface area is 200 Å². The average molecular weight is 459 g/mol. The summed E-state index contributed by atoms with van der Waals surface area (Å²) in [6, 6.07) is 0. The lowest BCUT2D eigenvalue weighted by Crippen LogP contribution is -2.00. The second kappa shape index (κ2) is 27.3. The SMILES string of the molecule is CCCCCCCCCCCCCOC(=S)SCCCCCCCCCCCCC. The molecule has 0 saturated carbocycles. The van der Waals surface area contributed by atoms with Crippen molar-refractivity contribution >= 4 is 28.4 Å². The summed E-state index contributed by atoms with van der Waals surface area (Å²) in [5, 5.41) is 0. The third-order valence-electron chi connectivity index (χ3n) is 5.94. The van der Waals surface area contributed by atoms with Gasteiger partial charge in [0.25, 0.3) is 0 Å². The highest BCUT2D eigenvalue weighted by Crippen LogP contribution is 2.15. The van der Waals surface area contributed by atoms with Crippen molar-refractivity contribution in [2.75, 3.05) is 12.4 Å². The van der Waals surface area contributed by atoms with E-state index in [4.69, 9.17) is 17.0 Å². The molecule has 0 rings (SSSR count). The molecule has 0 bridgehead atoms. The first-order valence-electron chi connectivity index (χ1n) is 13.6. The van der Waals surface area contributed by atoms with Gasteiger partial charge >= 0.3 is 0 Å². The maximum absolute atomic E-state index is 5.72. The average Bonchev–Trinajstić information content (AvgIpc) is 2.75. The van der Waals surface area contributed by atoms with Crippen LogP contribution in [0, 0.1) is 0 Å². The van der Waals surface area contributed by atoms with E-state index in [0.717, 1.165) is 23.2 Å². The molecule has 1 nitrogen and oxygen atoms in total. The van der Waals surface area contributed by atoms with E-state index in [0.29, 0.717) is 0 Å². The lowest BCUT2D eigenvalue weighted by Gasteiger charge is -2.07. The number of thioether (sulfide) groups is 1. The maximum Gasteiger partial charge on any atom is 0.219 e. The summed E-state index contributed by atoms with van der Waals surface area (Å²) in [5.74, 6) is 1.13. The molecule has 0 fully saturated rings. The molecule has 3 heteroatoms. The molecule has 0 atom stereocenters. The van der Waals surface area contributed by atoms with Crippen molar-refractivity contribution in [3.8, 4) is 0 Å². The van der Waals surface area contributed by atoms with Gasteiger partial charge in [0.15, 0.2) is 0 Å².